The number of methoxy groups -OCH3 is 1. The van der Waals surface area contributed by atoms with E-state index in [1.807, 2.05) is 0 Å². The van der Waals surface area contributed by atoms with E-state index in [0.29, 0.717) is 16.9 Å². The van der Waals surface area contributed by atoms with E-state index in [1.54, 1.807) is 18.2 Å². The minimum atomic E-state index is -0.600. The van der Waals surface area contributed by atoms with E-state index in [-0.39, 0.29) is 17.9 Å². The zero-order chi connectivity index (χ0) is 15.4. The van der Waals surface area contributed by atoms with E-state index in [0.717, 1.165) is 0 Å². The van der Waals surface area contributed by atoms with Crippen LogP contribution in [-0.2, 0) is 6.42 Å². The summed E-state index contributed by atoms with van der Waals surface area (Å²) in [5.41, 5.74) is 6.94. The minimum Gasteiger partial charge on any atom is -0.496 e. The summed E-state index contributed by atoms with van der Waals surface area (Å²) in [4.78, 5) is 10.4. The van der Waals surface area contributed by atoms with Gasteiger partial charge in [-0.25, -0.2) is 4.39 Å². The van der Waals surface area contributed by atoms with Crippen molar-refractivity contribution in [1.82, 2.24) is 0 Å². The molecule has 0 radical (unpaired) electrons. The first-order chi connectivity index (χ1) is 10.0. The lowest BCUT2D eigenvalue weighted by Gasteiger charge is -2.16. The van der Waals surface area contributed by atoms with Crippen molar-refractivity contribution in [2.75, 3.05) is 7.11 Å². The van der Waals surface area contributed by atoms with Gasteiger partial charge in [0, 0.05) is 23.7 Å². The van der Waals surface area contributed by atoms with Gasteiger partial charge in [-0.15, -0.1) is 0 Å². The number of hydrogen-bond donors (Lipinski definition) is 1. The summed E-state index contributed by atoms with van der Waals surface area (Å²) >= 11 is 0. The first-order valence-corrected chi connectivity index (χ1v) is 6.34. The van der Waals surface area contributed by atoms with Crippen molar-refractivity contribution in [1.29, 1.82) is 0 Å². The molecule has 0 saturated heterocycles. The normalized spacial score (nSPS) is 12.0. The van der Waals surface area contributed by atoms with E-state index in [9.17, 15) is 14.5 Å². The van der Waals surface area contributed by atoms with Gasteiger partial charge in [0.15, 0.2) is 0 Å². The van der Waals surface area contributed by atoms with Gasteiger partial charge in [-0.3, -0.25) is 10.1 Å². The molecular formula is C15H15FN2O3. The summed E-state index contributed by atoms with van der Waals surface area (Å²) in [5, 5.41) is 10.9. The Bertz CT molecular complexity index is 661. The molecule has 0 bridgehead atoms. The standard InChI is InChI=1S/C15H15FN2O3/c1-21-15-7-6-11(18(19)20)9-12(15)14(17)8-10-4-2-3-5-13(10)16/h2-7,9,14H,8,17H2,1H3. The highest BCUT2D eigenvalue weighted by molar-refractivity contribution is 5.45. The quantitative estimate of drug-likeness (QED) is 0.678. The molecule has 1 unspecified atom stereocenters. The van der Waals surface area contributed by atoms with Gasteiger partial charge in [0.1, 0.15) is 11.6 Å². The van der Waals surface area contributed by atoms with Crippen LogP contribution >= 0.6 is 0 Å². The highest BCUT2D eigenvalue weighted by Gasteiger charge is 2.18. The molecule has 0 aliphatic carbocycles. The molecular weight excluding hydrogens is 275 g/mol. The fourth-order valence-electron chi connectivity index (χ4n) is 2.14. The van der Waals surface area contributed by atoms with Gasteiger partial charge in [0.05, 0.1) is 12.0 Å². The van der Waals surface area contributed by atoms with Gasteiger partial charge in [0.25, 0.3) is 5.69 Å². The number of nitro benzene ring substituents is 1. The van der Waals surface area contributed by atoms with E-state index in [4.69, 9.17) is 10.5 Å². The first kappa shape index (κ1) is 14.9. The molecule has 1 atom stereocenters. The van der Waals surface area contributed by atoms with Gasteiger partial charge >= 0.3 is 0 Å². The summed E-state index contributed by atoms with van der Waals surface area (Å²) in [6.45, 7) is 0. The predicted octanol–water partition coefficient (Wildman–Crippen LogP) is 2.99. The summed E-state index contributed by atoms with van der Waals surface area (Å²) in [7, 11) is 1.46. The van der Waals surface area contributed by atoms with Crippen molar-refractivity contribution in [3.63, 3.8) is 0 Å². The lowest BCUT2D eigenvalue weighted by molar-refractivity contribution is -0.385. The Balaban J connectivity index is 2.33. The topological polar surface area (TPSA) is 78.4 Å². The monoisotopic (exact) mass is 290 g/mol. The first-order valence-electron chi connectivity index (χ1n) is 6.34. The van der Waals surface area contributed by atoms with Crippen molar-refractivity contribution in [2.24, 2.45) is 5.73 Å². The number of hydrogen-bond acceptors (Lipinski definition) is 4. The molecule has 6 heteroatoms. The van der Waals surface area contributed by atoms with E-state index >= 15 is 0 Å². The van der Waals surface area contributed by atoms with E-state index < -0.39 is 11.0 Å². The average Bonchev–Trinajstić information content (AvgIpc) is 2.48. The van der Waals surface area contributed by atoms with E-state index in [2.05, 4.69) is 0 Å². The van der Waals surface area contributed by atoms with Crippen LogP contribution in [0.4, 0.5) is 10.1 Å². The molecule has 2 aromatic rings. The van der Waals surface area contributed by atoms with Crippen molar-refractivity contribution in [2.45, 2.75) is 12.5 Å². The maximum absolute atomic E-state index is 13.7. The number of nitro groups is 1. The Hall–Kier alpha value is -2.47. The second-order valence-electron chi connectivity index (χ2n) is 4.59. The number of nitrogens with two attached hydrogens (primary N) is 1. The molecule has 2 aromatic carbocycles. The molecule has 2 N–H and O–H groups in total. The van der Waals surface area contributed by atoms with E-state index in [1.165, 1.54) is 31.4 Å². The van der Waals surface area contributed by atoms with Crippen LogP contribution in [0.15, 0.2) is 42.5 Å². The Morgan fingerprint density at radius 3 is 2.67 bits per heavy atom. The molecule has 5 nitrogen and oxygen atoms in total. The molecule has 0 aliphatic heterocycles. The zero-order valence-electron chi connectivity index (χ0n) is 11.5. The summed E-state index contributed by atoms with van der Waals surface area (Å²) in [6, 6.07) is 9.91. The lowest BCUT2D eigenvalue weighted by atomic mass is 9.98. The van der Waals surface area contributed by atoms with Crippen LogP contribution in [0, 0.1) is 15.9 Å². The van der Waals surface area contributed by atoms with Crippen LogP contribution < -0.4 is 10.5 Å². The average molecular weight is 290 g/mol. The third kappa shape index (κ3) is 3.35. The third-order valence-electron chi connectivity index (χ3n) is 3.22. The van der Waals surface area contributed by atoms with Gasteiger partial charge < -0.3 is 10.5 Å². The van der Waals surface area contributed by atoms with Gasteiger partial charge in [0.2, 0.25) is 0 Å². The Morgan fingerprint density at radius 2 is 2.05 bits per heavy atom. The summed E-state index contributed by atoms with van der Waals surface area (Å²) < 4.78 is 18.8. The number of non-ortho nitro benzene ring substituents is 1. The lowest BCUT2D eigenvalue weighted by Crippen LogP contribution is -2.15. The van der Waals surface area contributed by atoms with Crippen LogP contribution in [-0.4, -0.2) is 12.0 Å². The van der Waals surface area contributed by atoms with Crippen LogP contribution in [0.2, 0.25) is 0 Å². The fourth-order valence-corrected chi connectivity index (χ4v) is 2.14. The van der Waals surface area contributed by atoms with Crippen molar-refractivity contribution >= 4 is 5.69 Å². The van der Waals surface area contributed by atoms with Crippen molar-refractivity contribution in [3.8, 4) is 5.75 Å². The fraction of sp³-hybridized carbons (Fsp3) is 0.200. The Kier molecular flexibility index (Phi) is 4.49. The number of halogens is 1. The van der Waals surface area contributed by atoms with Crippen LogP contribution in [0.25, 0.3) is 0 Å². The van der Waals surface area contributed by atoms with Gasteiger partial charge in [-0.05, 0) is 24.1 Å². The molecule has 21 heavy (non-hydrogen) atoms. The molecule has 0 spiro atoms. The number of nitrogens with zero attached hydrogens (tertiary/aromatic N) is 1. The van der Waals surface area contributed by atoms with Crippen LogP contribution in [0.3, 0.4) is 0 Å². The molecule has 0 fully saturated rings. The van der Waals surface area contributed by atoms with Crippen LogP contribution in [0.5, 0.6) is 5.75 Å². The Labute approximate surface area is 121 Å². The number of ether oxygens (including phenoxy) is 1. The van der Waals surface area contributed by atoms with Gasteiger partial charge in [-0.1, -0.05) is 18.2 Å². The molecule has 0 heterocycles. The van der Waals surface area contributed by atoms with Crippen molar-refractivity contribution in [3.05, 3.63) is 69.5 Å². The van der Waals surface area contributed by atoms with Crippen molar-refractivity contribution < 1.29 is 14.1 Å². The molecule has 0 amide bonds. The second kappa shape index (κ2) is 6.32. The summed E-state index contributed by atoms with van der Waals surface area (Å²) in [6.07, 6.45) is 0.226. The second-order valence-corrected chi connectivity index (χ2v) is 4.59. The third-order valence-corrected chi connectivity index (χ3v) is 3.22. The summed E-state index contributed by atoms with van der Waals surface area (Å²) in [5.74, 6) is 0.0989. The van der Waals surface area contributed by atoms with Gasteiger partial charge in [-0.2, -0.15) is 0 Å². The minimum absolute atomic E-state index is 0.0743. The Morgan fingerprint density at radius 1 is 1.33 bits per heavy atom. The van der Waals surface area contributed by atoms with Crippen LogP contribution in [0.1, 0.15) is 17.2 Å². The highest BCUT2D eigenvalue weighted by atomic mass is 19.1. The largest absolute Gasteiger partial charge is 0.496 e. The highest BCUT2D eigenvalue weighted by Crippen LogP contribution is 2.30. The predicted molar refractivity (Wildman–Crippen MR) is 76.7 cm³/mol. The molecule has 0 aromatic heterocycles. The molecule has 0 saturated carbocycles. The molecule has 110 valence electrons. The SMILES string of the molecule is COc1ccc([N+](=O)[O-])cc1C(N)Cc1ccccc1F. The number of benzene rings is 2. The smallest absolute Gasteiger partial charge is 0.270 e. The maximum atomic E-state index is 13.7. The molecule has 0 aliphatic rings. The molecule has 2 rings (SSSR count). The maximum Gasteiger partial charge on any atom is 0.270 e. The zero-order valence-corrected chi connectivity index (χ0v) is 11.5. The number of rotatable bonds is 5.